The Hall–Kier alpha value is -2.51. The fourth-order valence-corrected chi connectivity index (χ4v) is 3.45. The summed E-state index contributed by atoms with van der Waals surface area (Å²) < 4.78 is 10.6. The lowest BCUT2D eigenvalue weighted by atomic mass is 10.1. The first kappa shape index (κ1) is 20.2. The predicted octanol–water partition coefficient (Wildman–Crippen LogP) is 4.74. The summed E-state index contributed by atoms with van der Waals surface area (Å²) in [6.07, 6.45) is 2.00. The smallest absolute Gasteiger partial charge is 0.338 e. The molecular weight excluding hydrogens is 407 g/mol. The number of hydrogen-bond donors (Lipinski definition) is 0. The Morgan fingerprint density at radius 2 is 1.86 bits per heavy atom. The summed E-state index contributed by atoms with van der Waals surface area (Å²) in [5.41, 5.74) is 0.555. The molecule has 0 bridgehead atoms. The number of halogens is 2. The summed E-state index contributed by atoms with van der Waals surface area (Å²) in [7, 11) is 0. The van der Waals surface area contributed by atoms with Gasteiger partial charge >= 0.3 is 5.97 Å². The number of hydrogen-bond acceptors (Lipinski definition) is 6. The molecule has 0 spiro atoms. The first-order valence-corrected chi connectivity index (χ1v) is 9.49. The average Bonchev–Trinajstić information content (AvgIpc) is 3.20. The van der Waals surface area contributed by atoms with Gasteiger partial charge in [-0.05, 0) is 43.2 Å². The summed E-state index contributed by atoms with van der Waals surface area (Å²) in [6, 6.07) is 9.20. The minimum atomic E-state index is -0.651. The number of esters is 1. The maximum absolute atomic E-state index is 12.2. The number of nitro groups is 1. The van der Waals surface area contributed by atoms with Crippen molar-refractivity contribution in [3.05, 3.63) is 62.1 Å². The van der Waals surface area contributed by atoms with E-state index in [0.717, 1.165) is 25.9 Å². The fourth-order valence-electron chi connectivity index (χ4n) is 2.98. The maximum atomic E-state index is 12.2. The third-order valence-electron chi connectivity index (χ3n) is 4.32. The van der Waals surface area contributed by atoms with E-state index in [-0.39, 0.29) is 24.5 Å². The van der Waals surface area contributed by atoms with Crippen molar-refractivity contribution in [3.63, 3.8) is 0 Å². The van der Waals surface area contributed by atoms with Crippen LogP contribution in [0.15, 0.2) is 36.4 Å². The number of carbonyl (C=O) groups excluding carboxylic acids is 1. The zero-order valence-corrected chi connectivity index (χ0v) is 16.4. The van der Waals surface area contributed by atoms with Crippen molar-refractivity contribution in [2.75, 3.05) is 31.2 Å². The Labute approximate surface area is 171 Å². The SMILES string of the molecule is O=C(OCCOc1ccc(Cl)cc1Cl)c1ccc(N2CCCC2)c([N+](=O)[O-])c1. The summed E-state index contributed by atoms with van der Waals surface area (Å²) in [5, 5.41) is 12.3. The van der Waals surface area contributed by atoms with Gasteiger partial charge in [0.1, 0.15) is 24.7 Å². The number of carbonyl (C=O) groups is 1. The Morgan fingerprint density at radius 3 is 2.54 bits per heavy atom. The number of anilines is 1. The van der Waals surface area contributed by atoms with Crippen molar-refractivity contribution in [2.24, 2.45) is 0 Å². The highest BCUT2D eigenvalue weighted by molar-refractivity contribution is 6.35. The molecule has 2 aromatic rings. The number of ether oxygens (including phenoxy) is 2. The molecular formula is C19H18Cl2N2O5. The van der Waals surface area contributed by atoms with Gasteiger partial charge in [-0.1, -0.05) is 23.2 Å². The Kier molecular flexibility index (Phi) is 6.59. The summed E-state index contributed by atoms with van der Waals surface area (Å²) >= 11 is 11.8. The highest BCUT2D eigenvalue weighted by Gasteiger charge is 2.24. The van der Waals surface area contributed by atoms with E-state index in [1.807, 2.05) is 4.90 Å². The minimum absolute atomic E-state index is 0.0283. The second-order valence-electron chi connectivity index (χ2n) is 6.21. The van der Waals surface area contributed by atoms with Gasteiger partial charge in [-0.15, -0.1) is 0 Å². The van der Waals surface area contributed by atoms with Crippen LogP contribution in [0.3, 0.4) is 0 Å². The van der Waals surface area contributed by atoms with E-state index < -0.39 is 10.9 Å². The lowest BCUT2D eigenvalue weighted by Crippen LogP contribution is -2.19. The molecule has 3 rings (SSSR count). The minimum Gasteiger partial charge on any atom is -0.488 e. The van der Waals surface area contributed by atoms with E-state index in [9.17, 15) is 14.9 Å². The first-order valence-electron chi connectivity index (χ1n) is 8.74. The van der Waals surface area contributed by atoms with Gasteiger partial charge in [0.15, 0.2) is 0 Å². The molecule has 1 aliphatic heterocycles. The zero-order chi connectivity index (χ0) is 20.1. The molecule has 0 amide bonds. The van der Waals surface area contributed by atoms with Crippen molar-refractivity contribution < 1.29 is 19.2 Å². The molecule has 0 atom stereocenters. The topological polar surface area (TPSA) is 81.9 Å². The van der Waals surface area contributed by atoms with Crippen LogP contribution in [0.5, 0.6) is 5.75 Å². The number of nitrogens with zero attached hydrogens (tertiary/aromatic N) is 2. The highest BCUT2D eigenvalue weighted by Crippen LogP contribution is 2.32. The van der Waals surface area contributed by atoms with Crippen LogP contribution < -0.4 is 9.64 Å². The van der Waals surface area contributed by atoms with Crippen molar-refractivity contribution in [2.45, 2.75) is 12.8 Å². The molecule has 0 unspecified atom stereocenters. The molecule has 0 N–H and O–H groups in total. The molecule has 0 aliphatic carbocycles. The Morgan fingerprint density at radius 1 is 1.11 bits per heavy atom. The van der Waals surface area contributed by atoms with Crippen LogP contribution >= 0.6 is 23.2 Å². The van der Waals surface area contributed by atoms with Crippen LogP contribution in [0.4, 0.5) is 11.4 Å². The maximum Gasteiger partial charge on any atom is 0.338 e. The van der Waals surface area contributed by atoms with E-state index in [2.05, 4.69) is 0 Å². The quantitative estimate of drug-likeness (QED) is 0.276. The van der Waals surface area contributed by atoms with Gasteiger partial charge in [-0.2, -0.15) is 0 Å². The van der Waals surface area contributed by atoms with Gasteiger partial charge in [-0.3, -0.25) is 10.1 Å². The number of nitro benzene ring substituents is 1. The van der Waals surface area contributed by atoms with Crippen LogP contribution in [-0.4, -0.2) is 37.2 Å². The molecule has 1 fully saturated rings. The van der Waals surface area contributed by atoms with Crippen molar-refractivity contribution in [1.29, 1.82) is 0 Å². The standard InChI is InChI=1S/C19H18Cl2N2O5/c20-14-4-6-18(15(21)12-14)27-9-10-28-19(24)13-3-5-16(17(11-13)23(25)26)22-7-1-2-8-22/h3-6,11-12H,1-2,7-10H2. The average molecular weight is 425 g/mol. The molecule has 1 heterocycles. The second-order valence-corrected chi connectivity index (χ2v) is 7.06. The Balaban J connectivity index is 1.59. The van der Waals surface area contributed by atoms with Crippen LogP contribution in [0.25, 0.3) is 0 Å². The van der Waals surface area contributed by atoms with Gasteiger partial charge in [0.05, 0.1) is 15.5 Å². The molecule has 0 radical (unpaired) electrons. The normalized spacial score (nSPS) is 13.4. The molecule has 148 valence electrons. The van der Waals surface area contributed by atoms with Gasteiger partial charge < -0.3 is 14.4 Å². The third kappa shape index (κ3) is 4.85. The van der Waals surface area contributed by atoms with E-state index in [1.54, 1.807) is 30.3 Å². The van der Waals surface area contributed by atoms with Gasteiger partial charge in [0.2, 0.25) is 0 Å². The van der Waals surface area contributed by atoms with E-state index in [1.165, 1.54) is 6.07 Å². The molecule has 1 aliphatic rings. The monoisotopic (exact) mass is 424 g/mol. The second kappa shape index (κ2) is 9.12. The first-order chi connectivity index (χ1) is 13.5. The fraction of sp³-hybridized carbons (Fsp3) is 0.316. The van der Waals surface area contributed by atoms with Crippen LogP contribution in [0.2, 0.25) is 10.0 Å². The van der Waals surface area contributed by atoms with Crippen LogP contribution in [0, 0.1) is 10.1 Å². The summed E-state index contributed by atoms with van der Waals surface area (Å²) in [5.74, 6) is -0.227. The van der Waals surface area contributed by atoms with Crippen molar-refractivity contribution in [1.82, 2.24) is 0 Å². The van der Waals surface area contributed by atoms with Crippen molar-refractivity contribution >= 4 is 40.5 Å². The number of rotatable bonds is 7. The molecule has 0 aromatic heterocycles. The molecule has 28 heavy (non-hydrogen) atoms. The van der Waals surface area contributed by atoms with Crippen molar-refractivity contribution in [3.8, 4) is 5.75 Å². The molecule has 1 saturated heterocycles. The number of benzene rings is 2. The largest absolute Gasteiger partial charge is 0.488 e. The summed E-state index contributed by atoms with van der Waals surface area (Å²) in [6.45, 7) is 1.60. The molecule has 2 aromatic carbocycles. The molecule has 9 heteroatoms. The Bertz CT molecular complexity index is 885. The van der Waals surface area contributed by atoms with Crippen LogP contribution in [0.1, 0.15) is 23.2 Å². The lowest BCUT2D eigenvalue weighted by Gasteiger charge is -2.17. The van der Waals surface area contributed by atoms with Crippen LogP contribution in [-0.2, 0) is 4.74 Å². The lowest BCUT2D eigenvalue weighted by molar-refractivity contribution is -0.384. The highest BCUT2D eigenvalue weighted by atomic mass is 35.5. The zero-order valence-electron chi connectivity index (χ0n) is 14.9. The van der Waals surface area contributed by atoms with Gasteiger partial charge in [0.25, 0.3) is 5.69 Å². The van der Waals surface area contributed by atoms with Gasteiger partial charge in [-0.25, -0.2) is 4.79 Å². The molecule has 0 saturated carbocycles. The summed E-state index contributed by atoms with van der Waals surface area (Å²) in [4.78, 5) is 25.1. The predicted molar refractivity (Wildman–Crippen MR) is 107 cm³/mol. The van der Waals surface area contributed by atoms with E-state index >= 15 is 0 Å². The molecule has 7 nitrogen and oxygen atoms in total. The van der Waals surface area contributed by atoms with E-state index in [0.29, 0.717) is 21.5 Å². The van der Waals surface area contributed by atoms with E-state index in [4.69, 9.17) is 32.7 Å². The third-order valence-corrected chi connectivity index (χ3v) is 4.85. The van der Waals surface area contributed by atoms with Gasteiger partial charge in [0, 0.05) is 24.2 Å².